The fraction of sp³-hybridized carbons (Fsp3) is 0.125. The summed E-state index contributed by atoms with van der Waals surface area (Å²) in [7, 11) is -3.86. The highest BCUT2D eigenvalue weighted by atomic mass is 32.2. The van der Waals surface area contributed by atoms with Gasteiger partial charge in [0.05, 0.1) is 23.6 Å². The van der Waals surface area contributed by atoms with E-state index in [2.05, 4.69) is 5.32 Å². The van der Waals surface area contributed by atoms with Gasteiger partial charge in [0, 0.05) is 5.69 Å². The van der Waals surface area contributed by atoms with Crippen LogP contribution in [0.1, 0.15) is 5.56 Å². The summed E-state index contributed by atoms with van der Waals surface area (Å²) in [6.45, 7) is -0.587. The first-order valence-corrected chi connectivity index (χ1v) is 8.68. The van der Waals surface area contributed by atoms with Crippen molar-refractivity contribution in [2.75, 3.05) is 22.4 Å². The predicted molar refractivity (Wildman–Crippen MR) is 88.4 cm³/mol. The Hall–Kier alpha value is -2.92. The number of para-hydroxylation sites is 1. The first kappa shape index (κ1) is 17.4. The minimum Gasteiger partial charge on any atom is -0.324 e. The van der Waals surface area contributed by atoms with Crippen LogP contribution in [0.3, 0.4) is 0 Å². The summed E-state index contributed by atoms with van der Waals surface area (Å²) in [6.07, 6.45) is 0.892. The van der Waals surface area contributed by atoms with Crippen LogP contribution in [0.25, 0.3) is 0 Å². The third-order valence-corrected chi connectivity index (χ3v) is 4.21. The molecule has 2 aromatic carbocycles. The molecule has 124 valence electrons. The zero-order chi connectivity index (χ0) is 17.7. The summed E-state index contributed by atoms with van der Waals surface area (Å²) in [6, 6.07) is 13.4. The van der Waals surface area contributed by atoms with Gasteiger partial charge in [-0.2, -0.15) is 5.26 Å². The fourth-order valence-corrected chi connectivity index (χ4v) is 2.89. The number of nitrogens with zero attached hydrogens (tertiary/aromatic N) is 2. The Labute approximate surface area is 139 Å². The van der Waals surface area contributed by atoms with Gasteiger partial charge < -0.3 is 5.32 Å². The summed E-state index contributed by atoms with van der Waals surface area (Å²) < 4.78 is 38.4. The van der Waals surface area contributed by atoms with Crippen LogP contribution in [-0.2, 0) is 14.8 Å². The van der Waals surface area contributed by atoms with Crippen LogP contribution in [-0.4, -0.2) is 27.1 Å². The molecule has 0 aromatic heterocycles. The monoisotopic (exact) mass is 347 g/mol. The number of hydrogen-bond acceptors (Lipinski definition) is 4. The summed E-state index contributed by atoms with van der Waals surface area (Å²) in [5.74, 6) is -1.40. The van der Waals surface area contributed by atoms with Crippen LogP contribution >= 0.6 is 0 Å². The third-order valence-electron chi connectivity index (χ3n) is 3.08. The molecule has 0 fully saturated rings. The highest BCUT2D eigenvalue weighted by Crippen LogP contribution is 2.21. The average molecular weight is 347 g/mol. The molecule has 0 aliphatic carbocycles. The van der Waals surface area contributed by atoms with Crippen molar-refractivity contribution < 1.29 is 17.6 Å². The van der Waals surface area contributed by atoms with E-state index in [1.807, 2.05) is 6.07 Å². The Balaban J connectivity index is 2.23. The molecule has 0 saturated carbocycles. The van der Waals surface area contributed by atoms with Gasteiger partial charge in [0.1, 0.15) is 12.4 Å². The van der Waals surface area contributed by atoms with Gasteiger partial charge >= 0.3 is 0 Å². The largest absolute Gasteiger partial charge is 0.324 e. The second-order valence-electron chi connectivity index (χ2n) is 4.96. The number of carbonyl (C=O) groups is 1. The molecule has 0 radical (unpaired) electrons. The lowest BCUT2D eigenvalue weighted by Crippen LogP contribution is -2.38. The maximum atomic E-state index is 13.9. The molecular weight excluding hydrogens is 333 g/mol. The number of carbonyl (C=O) groups excluding carboxylic acids is 1. The molecule has 1 N–H and O–H groups in total. The first-order valence-electron chi connectivity index (χ1n) is 6.83. The number of benzene rings is 2. The van der Waals surface area contributed by atoms with Gasteiger partial charge in [-0.25, -0.2) is 12.8 Å². The quantitative estimate of drug-likeness (QED) is 0.897. The minimum atomic E-state index is -3.86. The zero-order valence-corrected chi connectivity index (χ0v) is 13.5. The standard InChI is InChI=1S/C16H14FN3O3S/c1-24(22,23)20(15-8-3-2-7-14(15)17)11-16(21)19-13-6-4-5-12(9-13)10-18/h2-9H,11H2,1H3,(H,19,21). The van der Waals surface area contributed by atoms with E-state index in [-0.39, 0.29) is 5.69 Å². The topological polar surface area (TPSA) is 90.3 Å². The van der Waals surface area contributed by atoms with Crippen molar-refractivity contribution in [2.45, 2.75) is 0 Å². The molecule has 8 heteroatoms. The number of nitriles is 1. The molecular formula is C16H14FN3O3S. The maximum absolute atomic E-state index is 13.9. The molecule has 0 saturated heterocycles. The van der Waals surface area contributed by atoms with Gasteiger partial charge in [-0.05, 0) is 30.3 Å². The SMILES string of the molecule is CS(=O)(=O)N(CC(=O)Nc1cccc(C#N)c1)c1ccccc1F. The number of sulfonamides is 1. The van der Waals surface area contributed by atoms with Crippen molar-refractivity contribution in [1.29, 1.82) is 5.26 Å². The number of amides is 1. The van der Waals surface area contributed by atoms with Crippen molar-refractivity contribution in [2.24, 2.45) is 0 Å². The molecule has 24 heavy (non-hydrogen) atoms. The van der Waals surface area contributed by atoms with E-state index < -0.39 is 28.3 Å². The molecule has 0 heterocycles. The zero-order valence-electron chi connectivity index (χ0n) is 12.7. The number of hydrogen-bond donors (Lipinski definition) is 1. The van der Waals surface area contributed by atoms with E-state index in [0.29, 0.717) is 15.6 Å². The second-order valence-corrected chi connectivity index (χ2v) is 6.87. The molecule has 0 aliphatic heterocycles. The van der Waals surface area contributed by atoms with E-state index in [9.17, 15) is 17.6 Å². The summed E-state index contributed by atoms with van der Waals surface area (Å²) in [5.41, 5.74) is 0.490. The summed E-state index contributed by atoms with van der Waals surface area (Å²) in [4.78, 5) is 12.1. The Kier molecular flexibility index (Phi) is 5.16. The van der Waals surface area contributed by atoms with Gasteiger partial charge in [0.15, 0.2) is 0 Å². The first-order chi connectivity index (χ1) is 11.3. The third kappa shape index (κ3) is 4.30. The van der Waals surface area contributed by atoms with Crippen molar-refractivity contribution in [3.05, 3.63) is 59.9 Å². The van der Waals surface area contributed by atoms with E-state index in [4.69, 9.17) is 5.26 Å². The number of anilines is 2. The Morgan fingerprint density at radius 2 is 1.96 bits per heavy atom. The maximum Gasteiger partial charge on any atom is 0.245 e. The Bertz CT molecular complexity index is 907. The van der Waals surface area contributed by atoms with Crippen molar-refractivity contribution in [3.8, 4) is 6.07 Å². The summed E-state index contributed by atoms with van der Waals surface area (Å²) in [5, 5.41) is 11.3. The van der Waals surface area contributed by atoms with E-state index in [1.54, 1.807) is 18.2 Å². The van der Waals surface area contributed by atoms with Gasteiger partial charge in [-0.3, -0.25) is 9.10 Å². The van der Waals surface area contributed by atoms with Crippen molar-refractivity contribution >= 4 is 27.3 Å². The lowest BCUT2D eigenvalue weighted by Gasteiger charge is -2.22. The van der Waals surface area contributed by atoms with Crippen molar-refractivity contribution in [3.63, 3.8) is 0 Å². The van der Waals surface area contributed by atoms with Crippen LogP contribution in [0.5, 0.6) is 0 Å². The smallest absolute Gasteiger partial charge is 0.245 e. The Morgan fingerprint density at radius 3 is 2.58 bits per heavy atom. The van der Waals surface area contributed by atoms with Crippen LogP contribution in [0.15, 0.2) is 48.5 Å². The summed E-state index contributed by atoms with van der Waals surface area (Å²) >= 11 is 0. The number of nitrogens with one attached hydrogen (secondary N) is 1. The normalized spacial score (nSPS) is 10.7. The van der Waals surface area contributed by atoms with E-state index >= 15 is 0 Å². The van der Waals surface area contributed by atoms with Crippen molar-refractivity contribution in [1.82, 2.24) is 0 Å². The van der Waals surface area contributed by atoms with Gasteiger partial charge in [-0.15, -0.1) is 0 Å². The van der Waals surface area contributed by atoms with E-state index in [0.717, 1.165) is 12.3 Å². The van der Waals surface area contributed by atoms with Gasteiger partial charge in [-0.1, -0.05) is 18.2 Å². The molecule has 0 unspecified atom stereocenters. The molecule has 2 rings (SSSR count). The lowest BCUT2D eigenvalue weighted by atomic mass is 10.2. The van der Waals surface area contributed by atoms with Crippen LogP contribution in [0, 0.1) is 17.1 Å². The molecule has 0 aliphatic rings. The molecule has 1 amide bonds. The predicted octanol–water partition coefficient (Wildman–Crippen LogP) is 2.10. The minimum absolute atomic E-state index is 0.207. The number of rotatable bonds is 5. The van der Waals surface area contributed by atoms with Crippen LogP contribution in [0.2, 0.25) is 0 Å². The fourth-order valence-electron chi connectivity index (χ4n) is 2.03. The van der Waals surface area contributed by atoms with E-state index in [1.165, 1.54) is 24.3 Å². The average Bonchev–Trinajstić information content (AvgIpc) is 2.52. The molecule has 2 aromatic rings. The van der Waals surface area contributed by atoms with Crippen LogP contribution < -0.4 is 9.62 Å². The second kappa shape index (κ2) is 7.10. The lowest BCUT2D eigenvalue weighted by molar-refractivity contribution is -0.114. The molecule has 0 bridgehead atoms. The van der Waals surface area contributed by atoms with Gasteiger partial charge in [0.25, 0.3) is 0 Å². The molecule has 6 nitrogen and oxygen atoms in total. The molecule has 0 atom stereocenters. The number of halogens is 1. The van der Waals surface area contributed by atoms with Crippen LogP contribution in [0.4, 0.5) is 15.8 Å². The molecule has 0 spiro atoms. The van der Waals surface area contributed by atoms with Gasteiger partial charge in [0.2, 0.25) is 15.9 Å². The highest BCUT2D eigenvalue weighted by Gasteiger charge is 2.23. The highest BCUT2D eigenvalue weighted by molar-refractivity contribution is 7.92. The Morgan fingerprint density at radius 1 is 1.25 bits per heavy atom.